The number of carbonyl (C=O) groups excluding carboxylic acids is 1. The number of anilines is 1. The minimum atomic E-state index is -3.62. The van der Waals surface area contributed by atoms with Crippen molar-refractivity contribution in [1.29, 1.82) is 0 Å². The Bertz CT molecular complexity index is 1280. The Morgan fingerprint density at radius 1 is 1.06 bits per heavy atom. The second-order valence-corrected chi connectivity index (χ2v) is 12.7. The summed E-state index contributed by atoms with van der Waals surface area (Å²) in [4.78, 5) is 22.6. The summed E-state index contributed by atoms with van der Waals surface area (Å²) in [7, 11) is 0.347. The van der Waals surface area contributed by atoms with Gasteiger partial charge in [-0.25, -0.2) is 13.4 Å². The van der Waals surface area contributed by atoms with Gasteiger partial charge in [-0.05, 0) is 76.2 Å². The van der Waals surface area contributed by atoms with Gasteiger partial charge in [0, 0.05) is 37.1 Å². The van der Waals surface area contributed by atoms with Crippen molar-refractivity contribution >= 4 is 54.2 Å². The molecule has 1 aromatic heterocycles. The topological polar surface area (TPSA) is 73.8 Å². The second kappa shape index (κ2) is 10.5. The van der Waals surface area contributed by atoms with Crippen LogP contribution in [0.5, 0.6) is 0 Å². The monoisotopic (exact) mass is 534 g/mol. The first kappa shape index (κ1) is 26.0. The van der Waals surface area contributed by atoms with Crippen molar-refractivity contribution in [3.8, 4) is 0 Å². The normalized spacial score (nSPS) is 15.7. The van der Waals surface area contributed by atoms with Crippen LogP contribution in [0.25, 0.3) is 10.2 Å². The molecule has 3 aromatic rings. The largest absolute Gasteiger partial charge is 0.308 e. The number of hydrogen-bond donors (Lipinski definition) is 0. The third-order valence-electron chi connectivity index (χ3n) is 6.45. The summed E-state index contributed by atoms with van der Waals surface area (Å²) in [6, 6.07) is 10.3. The van der Waals surface area contributed by atoms with Crippen LogP contribution in [0.15, 0.2) is 41.3 Å². The minimum Gasteiger partial charge on any atom is -0.308 e. The lowest BCUT2D eigenvalue weighted by molar-refractivity contribution is -0.123. The van der Waals surface area contributed by atoms with E-state index in [1.165, 1.54) is 16.4 Å². The van der Waals surface area contributed by atoms with Gasteiger partial charge in [0.05, 0.1) is 15.1 Å². The Labute approximate surface area is 216 Å². The predicted octanol–water partition coefficient (Wildman–Crippen LogP) is 4.56. The maximum absolute atomic E-state index is 13.7. The summed E-state index contributed by atoms with van der Waals surface area (Å²) in [6.45, 7) is 5.96. The molecule has 0 unspecified atom stereocenters. The first-order valence-electron chi connectivity index (χ1n) is 11.7. The molecule has 0 N–H and O–H groups in total. The fourth-order valence-electron chi connectivity index (χ4n) is 4.28. The van der Waals surface area contributed by atoms with E-state index in [1.807, 2.05) is 25.9 Å². The van der Waals surface area contributed by atoms with Crippen molar-refractivity contribution in [1.82, 2.24) is 14.2 Å². The fraction of sp³-hybridized carbons (Fsp3) is 0.440. The van der Waals surface area contributed by atoms with Crippen LogP contribution < -0.4 is 4.90 Å². The van der Waals surface area contributed by atoms with Gasteiger partial charge >= 0.3 is 0 Å². The summed E-state index contributed by atoms with van der Waals surface area (Å²) < 4.78 is 28.7. The lowest BCUT2D eigenvalue weighted by atomic mass is 9.96. The minimum absolute atomic E-state index is 0.0183. The maximum atomic E-state index is 13.7. The van der Waals surface area contributed by atoms with E-state index in [0.717, 1.165) is 21.3 Å². The maximum Gasteiger partial charge on any atom is 0.243 e. The Morgan fingerprint density at radius 3 is 2.29 bits per heavy atom. The molecule has 7 nitrogen and oxygen atoms in total. The van der Waals surface area contributed by atoms with E-state index in [1.54, 1.807) is 28.4 Å². The number of piperidine rings is 1. The van der Waals surface area contributed by atoms with Crippen LogP contribution in [0.1, 0.15) is 24.0 Å². The zero-order chi connectivity index (χ0) is 25.3. The number of aromatic nitrogens is 1. The van der Waals surface area contributed by atoms with Crippen molar-refractivity contribution in [3.05, 3.63) is 52.5 Å². The number of nitrogens with zero attached hydrogens (tertiary/aromatic N) is 4. The number of carbonyl (C=O) groups is 1. The number of thiazole rings is 1. The average molecular weight is 535 g/mol. The van der Waals surface area contributed by atoms with Gasteiger partial charge in [0.25, 0.3) is 0 Å². The van der Waals surface area contributed by atoms with Crippen LogP contribution in [0.4, 0.5) is 5.13 Å². The van der Waals surface area contributed by atoms with Crippen molar-refractivity contribution in [2.75, 3.05) is 45.2 Å². The fourth-order valence-corrected chi connectivity index (χ4v) is 7.02. The quantitative estimate of drug-likeness (QED) is 0.444. The number of sulfonamides is 1. The van der Waals surface area contributed by atoms with Crippen LogP contribution in [0.3, 0.4) is 0 Å². The van der Waals surface area contributed by atoms with Crippen molar-refractivity contribution in [2.45, 2.75) is 31.6 Å². The standard InChI is InChI=1S/C25H31ClN4O3S2/c1-17-5-6-18(2)23-22(17)27-25(34-23)30(16-15-28(3)4)24(31)19-11-13-29(14-12-19)35(32,33)21-9-7-20(26)8-10-21/h5-10,19H,11-16H2,1-4H3. The molecule has 1 saturated heterocycles. The molecular formula is C25H31ClN4O3S2. The van der Waals surface area contributed by atoms with Crippen LogP contribution in [0, 0.1) is 19.8 Å². The van der Waals surface area contributed by atoms with Gasteiger partial charge in [-0.1, -0.05) is 35.1 Å². The van der Waals surface area contributed by atoms with Gasteiger partial charge in [-0.2, -0.15) is 4.31 Å². The van der Waals surface area contributed by atoms with Crippen molar-refractivity contribution in [2.24, 2.45) is 5.92 Å². The summed E-state index contributed by atoms with van der Waals surface area (Å²) in [5.74, 6) is -0.229. The molecule has 0 aliphatic carbocycles. The van der Waals surface area contributed by atoms with E-state index in [9.17, 15) is 13.2 Å². The first-order valence-corrected chi connectivity index (χ1v) is 14.3. The summed E-state index contributed by atoms with van der Waals surface area (Å²) >= 11 is 7.46. The highest BCUT2D eigenvalue weighted by molar-refractivity contribution is 7.89. The molecule has 2 aromatic carbocycles. The summed E-state index contributed by atoms with van der Waals surface area (Å²) in [5, 5.41) is 1.20. The average Bonchev–Trinajstić information content (AvgIpc) is 3.28. The molecule has 0 spiro atoms. The van der Waals surface area contributed by atoms with Gasteiger partial charge in [0.15, 0.2) is 5.13 Å². The number of likely N-dealkylation sites (N-methyl/N-ethyl adjacent to an activating group) is 1. The van der Waals surface area contributed by atoms with Crippen molar-refractivity contribution < 1.29 is 13.2 Å². The number of benzene rings is 2. The molecule has 2 heterocycles. The molecule has 1 aliphatic rings. The predicted molar refractivity (Wildman–Crippen MR) is 143 cm³/mol. The van der Waals surface area contributed by atoms with E-state index < -0.39 is 10.0 Å². The number of halogens is 1. The lowest BCUT2D eigenvalue weighted by Gasteiger charge is -2.33. The molecule has 1 amide bonds. The van der Waals surface area contributed by atoms with Gasteiger partial charge < -0.3 is 4.90 Å². The summed E-state index contributed by atoms with van der Waals surface area (Å²) in [6.07, 6.45) is 0.958. The molecule has 4 rings (SSSR count). The Kier molecular flexibility index (Phi) is 7.83. The number of rotatable bonds is 7. The molecule has 0 radical (unpaired) electrons. The molecule has 0 atom stereocenters. The molecule has 35 heavy (non-hydrogen) atoms. The number of amides is 1. The van der Waals surface area contributed by atoms with Crippen LogP contribution in [0.2, 0.25) is 5.02 Å². The van der Waals surface area contributed by atoms with E-state index in [2.05, 4.69) is 19.1 Å². The Morgan fingerprint density at radius 2 is 1.69 bits per heavy atom. The second-order valence-electron chi connectivity index (χ2n) is 9.30. The van der Waals surface area contributed by atoms with E-state index in [4.69, 9.17) is 16.6 Å². The summed E-state index contributed by atoms with van der Waals surface area (Å²) in [5.41, 5.74) is 3.18. The molecule has 188 valence electrons. The SMILES string of the molecule is Cc1ccc(C)c2sc(N(CCN(C)C)C(=O)C3CCN(S(=O)(=O)c4ccc(Cl)cc4)CC3)nc12. The highest BCUT2D eigenvalue weighted by atomic mass is 35.5. The van der Waals surface area contributed by atoms with Crippen LogP contribution >= 0.6 is 22.9 Å². The Balaban J connectivity index is 1.53. The molecule has 1 aliphatic heterocycles. The van der Waals surface area contributed by atoms with E-state index in [-0.39, 0.29) is 16.7 Å². The lowest BCUT2D eigenvalue weighted by Crippen LogP contribution is -2.46. The van der Waals surface area contributed by atoms with E-state index >= 15 is 0 Å². The molecule has 0 saturated carbocycles. The van der Waals surface area contributed by atoms with Gasteiger partial charge in [-0.3, -0.25) is 9.69 Å². The molecule has 1 fully saturated rings. The van der Waals surface area contributed by atoms with Crippen LogP contribution in [-0.2, 0) is 14.8 Å². The zero-order valence-electron chi connectivity index (χ0n) is 20.5. The highest BCUT2D eigenvalue weighted by Crippen LogP contribution is 2.35. The van der Waals surface area contributed by atoms with Gasteiger partial charge in [-0.15, -0.1) is 0 Å². The Hall–Kier alpha value is -2.04. The van der Waals surface area contributed by atoms with Crippen LogP contribution in [-0.4, -0.2) is 68.8 Å². The number of hydrogen-bond acceptors (Lipinski definition) is 6. The van der Waals surface area contributed by atoms with Gasteiger partial charge in [0.1, 0.15) is 0 Å². The first-order chi connectivity index (χ1) is 16.6. The third-order valence-corrected chi connectivity index (χ3v) is 9.83. The zero-order valence-corrected chi connectivity index (χ0v) is 22.9. The molecule has 10 heteroatoms. The number of fused-ring (bicyclic) bond motifs is 1. The van der Waals surface area contributed by atoms with Gasteiger partial charge in [0.2, 0.25) is 15.9 Å². The number of aryl methyl sites for hydroxylation is 2. The van der Waals surface area contributed by atoms with E-state index in [0.29, 0.717) is 49.2 Å². The smallest absolute Gasteiger partial charge is 0.243 e. The van der Waals surface area contributed by atoms with Crippen molar-refractivity contribution in [3.63, 3.8) is 0 Å². The highest BCUT2D eigenvalue weighted by Gasteiger charge is 2.35. The molecular weight excluding hydrogens is 504 g/mol. The third kappa shape index (κ3) is 5.54. The molecule has 0 bridgehead atoms.